The molecule has 3 aliphatic rings. The first-order chi connectivity index (χ1) is 13.7. The van der Waals surface area contributed by atoms with Gasteiger partial charge in [-0.2, -0.15) is 5.26 Å². The lowest BCUT2D eigenvalue weighted by atomic mass is 9.82. The van der Waals surface area contributed by atoms with Crippen molar-refractivity contribution in [1.29, 1.82) is 5.26 Å². The third-order valence-corrected chi connectivity index (χ3v) is 6.62. The number of allylic oxidation sites excluding steroid dienone is 3. The summed E-state index contributed by atoms with van der Waals surface area (Å²) in [7, 11) is 0. The van der Waals surface area contributed by atoms with Gasteiger partial charge >= 0.3 is 0 Å². The minimum Gasteiger partial charge on any atom is -0.335 e. The van der Waals surface area contributed by atoms with Crippen molar-refractivity contribution in [3.63, 3.8) is 0 Å². The van der Waals surface area contributed by atoms with Gasteiger partial charge in [0.2, 0.25) is 0 Å². The van der Waals surface area contributed by atoms with E-state index >= 15 is 0 Å². The Morgan fingerprint density at radius 2 is 1.82 bits per heavy atom. The molecule has 0 radical (unpaired) electrons. The van der Waals surface area contributed by atoms with Crippen LogP contribution in [-0.4, -0.2) is 23.4 Å². The number of benzene rings is 2. The molecule has 2 aromatic rings. The summed E-state index contributed by atoms with van der Waals surface area (Å²) in [5, 5.41) is 8.99. The molecule has 4 atom stereocenters. The minimum absolute atomic E-state index is 0.0952. The molecule has 28 heavy (non-hydrogen) atoms. The number of hydrogen-bond donors (Lipinski definition) is 0. The van der Waals surface area contributed by atoms with E-state index in [-0.39, 0.29) is 11.9 Å². The lowest BCUT2D eigenvalue weighted by molar-refractivity contribution is 0.0606. The van der Waals surface area contributed by atoms with Gasteiger partial charge in [-0.15, -0.1) is 0 Å². The summed E-state index contributed by atoms with van der Waals surface area (Å²) in [5.74, 6) is 1.69. The van der Waals surface area contributed by atoms with E-state index in [9.17, 15) is 4.79 Å². The highest BCUT2D eigenvalue weighted by Gasteiger charge is 2.48. The van der Waals surface area contributed by atoms with Crippen LogP contribution in [0.25, 0.3) is 5.57 Å². The summed E-state index contributed by atoms with van der Waals surface area (Å²) < 4.78 is 0. The molecular formula is C25H22N2O. The molecule has 0 N–H and O–H groups in total. The van der Waals surface area contributed by atoms with Gasteiger partial charge in [-0.3, -0.25) is 4.79 Å². The monoisotopic (exact) mass is 366 g/mol. The van der Waals surface area contributed by atoms with Crippen molar-refractivity contribution in [3.8, 4) is 6.07 Å². The standard InChI is InChI=1S/C25H22N2O/c26-16-17-6-8-19(9-7-17)25(28)27-13-12-21-15-24(27)23-14-20(10-11-22(21)23)18-4-2-1-3-5-18/h1-11,14,21-24H,12-13,15H2/t21-,22?,23?,24+/m1/s1. The van der Waals surface area contributed by atoms with E-state index in [0.29, 0.717) is 28.9 Å². The Kier molecular flexibility index (Phi) is 4.13. The maximum absolute atomic E-state index is 13.2. The van der Waals surface area contributed by atoms with Crippen LogP contribution in [-0.2, 0) is 0 Å². The van der Waals surface area contributed by atoms with Crippen LogP contribution in [0.3, 0.4) is 0 Å². The Balaban J connectivity index is 1.44. The number of nitrogens with zero attached hydrogens (tertiary/aromatic N) is 2. The van der Waals surface area contributed by atoms with Crippen molar-refractivity contribution >= 4 is 11.5 Å². The number of piperidine rings is 1. The highest BCUT2D eigenvalue weighted by molar-refractivity contribution is 5.94. The molecular weight excluding hydrogens is 344 g/mol. The fraction of sp³-hybridized carbons (Fsp3) is 0.280. The Hall–Kier alpha value is -3.12. The lowest BCUT2D eigenvalue weighted by Crippen LogP contribution is -2.44. The molecule has 5 rings (SSSR count). The number of rotatable bonds is 2. The van der Waals surface area contributed by atoms with Crippen molar-refractivity contribution in [2.45, 2.75) is 18.9 Å². The van der Waals surface area contributed by atoms with Gasteiger partial charge in [0.05, 0.1) is 11.6 Å². The molecule has 2 bridgehead atoms. The Bertz CT molecular complexity index is 997. The molecule has 2 fully saturated rings. The van der Waals surface area contributed by atoms with Gasteiger partial charge < -0.3 is 4.90 Å². The number of carbonyl (C=O) groups excluding carboxylic acids is 1. The zero-order valence-corrected chi connectivity index (χ0v) is 15.7. The van der Waals surface area contributed by atoms with E-state index in [0.717, 1.165) is 19.4 Å². The predicted octanol–water partition coefficient (Wildman–Crippen LogP) is 4.68. The van der Waals surface area contributed by atoms with Gasteiger partial charge in [-0.05, 0) is 60.1 Å². The third kappa shape index (κ3) is 2.77. The molecule has 3 heteroatoms. The average molecular weight is 366 g/mol. The zero-order chi connectivity index (χ0) is 19.1. The zero-order valence-electron chi connectivity index (χ0n) is 15.7. The largest absolute Gasteiger partial charge is 0.335 e. The molecule has 1 saturated heterocycles. The van der Waals surface area contributed by atoms with Crippen LogP contribution in [0.5, 0.6) is 0 Å². The average Bonchev–Trinajstić information content (AvgIpc) is 3.05. The highest BCUT2D eigenvalue weighted by atomic mass is 16.2. The van der Waals surface area contributed by atoms with E-state index in [2.05, 4.69) is 53.5 Å². The van der Waals surface area contributed by atoms with Crippen molar-refractivity contribution in [2.75, 3.05) is 6.54 Å². The van der Waals surface area contributed by atoms with Gasteiger partial charge in [0.15, 0.2) is 0 Å². The fourth-order valence-electron chi connectivity index (χ4n) is 5.22. The Morgan fingerprint density at radius 3 is 2.57 bits per heavy atom. The van der Waals surface area contributed by atoms with Crippen LogP contribution in [0.1, 0.15) is 34.3 Å². The topological polar surface area (TPSA) is 44.1 Å². The lowest BCUT2D eigenvalue weighted by Gasteiger charge is -2.35. The first-order valence-electron chi connectivity index (χ1n) is 10.0. The Morgan fingerprint density at radius 1 is 1.04 bits per heavy atom. The van der Waals surface area contributed by atoms with Crippen LogP contribution in [0.2, 0.25) is 0 Å². The van der Waals surface area contributed by atoms with Crippen LogP contribution in [0.15, 0.2) is 72.8 Å². The molecule has 1 aliphatic heterocycles. The Labute approximate surface area is 165 Å². The number of fused-ring (bicyclic) bond motifs is 5. The van der Waals surface area contributed by atoms with E-state index in [1.165, 1.54) is 11.1 Å². The second kappa shape index (κ2) is 6.80. The molecule has 1 heterocycles. The first kappa shape index (κ1) is 17.0. The minimum atomic E-state index is 0.0952. The summed E-state index contributed by atoms with van der Waals surface area (Å²) in [6.45, 7) is 0.823. The highest BCUT2D eigenvalue weighted by Crippen LogP contribution is 2.49. The SMILES string of the molecule is N#Cc1ccc(C(=O)N2CC[C@@H]3C[C@H]2C2C=C(c4ccccc4)C=CC23)cc1. The summed E-state index contributed by atoms with van der Waals surface area (Å²) in [6.07, 6.45) is 9.20. The van der Waals surface area contributed by atoms with Gasteiger partial charge in [0.1, 0.15) is 0 Å². The number of likely N-dealkylation sites (tertiary alicyclic amines) is 1. The summed E-state index contributed by atoms with van der Waals surface area (Å²) >= 11 is 0. The fourth-order valence-corrected chi connectivity index (χ4v) is 5.22. The quantitative estimate of drug-likeness (QED) is 0.775. The van der Waals surface area contributed by atoms with Crippen LogP contribution in [0.4, 0.5) is 0 Å². The van der Waals surface area contributed by atoms with Gasteiger partial charge in [0, 0.05) is 24.1 Å². The number of carbonyl (C=O) groups is 1. The van der Waals surface area contributed by atoms with Crippen LogP contribution in [0, 0.1) is 29.1 Å². The van der Waals surface area contributed by atoms with Crippen LogP contribution >= 0.6 is 0 Å². The van der Waals surface area contributed by atoms with Crippen molar-refractivity contribution in [1.82, 2.24) is 4.90 Å². The molecule has 1 amide bonds. The number of hydrogen-bond acceptors (Lipinski definition) is 2. The van der Waals surface area contributed by atoms with E-state index in [1.54, 1.807) is 24.3 Å². The normalized spacial score (nSPS) is 27.7. The smallest absolute Gasteiger partial charge is 0.254 e. The van der Waals surface area contributed by atoms with Crippen molar-refractivity contribution in [3.05, 3.63) is 89.5 Å². The van der Waals surface area contributed by atoms with Gasteiger partial charge in [-0.1, -0.05) is 48.6 Å². The molecule has 2 aromatic carbocycles. The molecule has 1 saturated carbocycles. The molecule has 2 aliphatic carbocycles. The third-order valence-electron chi connectivity index (χ3n) is 6.62. The van der Waals surface area contributed by atoms with E-state index in [4.69, 9.17) is 5.26 Å². The second-order valence-corrected chi connectivity index (χ2v) is 8.04. The van der Waals surface area contributed by atoms with Gasteiger partial charge in [0.25, 0.3) is 5.91 Å². The van der Waals surface area contributed by atoms with E-state index < -0.39 is 0 Å². The number of nitriles is 1. The van der Waals surface area contributed by atoms with Gasteiger partial charge in [-0.25, -0.2) is 0 Å². The summed E-state index contributed by atoms with van der Waals surface area (Å²) in [6, 6.07) is 19.9. The maximum atomic E-state index is 13.2. The summed E-state index contributed by atoms with van der Waals surface area (Å²) in [5.41, 5.74) is 3.77. The van der Waals surface area contributed by atoms with Crippen molar-refractivity contribution < 1.29 is 4.79 Å². The molecule has 3 nitrogen and oxygen atoms in total. The molecule has 0 spiro atoms. The first-order valence-corrected chi connectivity index (χ1v) is 10.0. The maximum Gasteiger partial charge on any atom is 0.254 e. The second-order valence-electron chi connectivity index (χ2n) is 8.04. The van der Waals surface area contributed by atoms with E-state index in [1.807, 2.05) is 6.07 Å². The predicted molar refractivity (Wildman–Crippen MR) is 109 cm³/mol. The van der Waals surface area contributed by atoms with Crippen LogP contribution < -0.4 is 0 Å². The molecule has 138 valence electrons. The number of amides is 1. The van der Waals surface area contributed by atoms with Crippen molar-refractivity contribution in [2.24, 2.45) is 17.8 Å². The summed E-state index contributed by atoms with van der Waals surface area (Å²) in [4.78, 5) is 15.3. The molecule has 0 aromatic heterocycles. The molecule has 2 unspecified atom stereocenters.